The van der Waals surface area contributed by atoms with E-state index in [0.717, 1.165) is 6.20 Å². The molecule has 0 saturated carbocycles. The summed E-state index contributed by atoms with van der Waals surface area (Å²) in [5.74, 6) is -0.964. The zero-order valence-corrected chi connectivity index (χ0v) is 10.7. The third-order valence-corrected chi connectivity index (χ3v) is 2.45. The van der Waals surface area contributed by atoms with Crippen LogP contribution in [0.15, 0.2) is 42.6 Å². The average Bonchev–Trinajstić information content (AvgIpc) is 2.41. The van der Waals surface area contributed by atoms with Crippen molar-refractivity contribution in [1.82, 2.24) is 4.98 Å². The Balaban J connectivity index is 2.20. The van der Waals surface area contributed by atoms with Gasteiger partial charge in [-0.25, -0.2) is 9.37 Å². The standard InChI is InChI=1S/C14H12FN3O2/c1-9(19)17-12-5-3-2-4-11(12)14(20)18-13-7-6-10(15)8-16-13/h2-8H,1H3,(H,17,19)(H,16,18,20). The molecular weight excluding hydrogens is 261 g/mol. The van der Waals surface area contributed by atoms with Gasteiger partial charge >= 0.3 is 0 Å². The summed E-state index contributed by atoms with van der Waals surface area (Å²) in [7, 11) is 0. The number of hydrogen-bond donors (Lipinski definition) is 2. The molecule has 1 heterocycles. The predicted octanol–water partition coefficient (Wildman–Crippen LogP) is 2.43. The summed E-state index contributed by atoms with van der Waals surface area (Å²) in [4.78, 5) is 26.9. The molecule has 0 saturated heterocycles. The second-order valence-electron chi connectivity index (χ2n) is 4.04. The Morgan fingerprint density at radius 3 is 2.50 bits per heavy atom. The number of amides is 2. The van der Waals surface area contributed by atoms with Gasteiger partial charge in [0.05, 0.1) is 17.4 Å². The number of nitrogens with zero attached hydrogens (tertiary/aromatic N) is 1. The Morgan fingerprint density at radius 1 is 1.10 bits per heavy atom. The average molecular weight is 273 g/mol. The zero-order chi connectivity index (χ0) is 14.5. The molecule has 2 aromatic rings. The first-order chi connectivity index (χ1) is 9.56. The number of carbonyl (C=O) groups is 2. The summed E-state index contributed by atoms with van der Waals surface area (Å²) < 4.78 is 12.7. The molecule has 1 aromatic heterocycles. The van der Waals surface area contributed by atoms with Crippen LogP contribution < -0.4 is 10.6 Å². The van der Waals surface area contributed by atoms with Crippen LogP contribution in [0.1, 0.15) is 17.3 Å². The van der Waals surface area contributed by atoms with E-state index in [4.69, 9.17) is 0 Å². The Labute approximate surface area is 114 Å². The molecule has 0 aliphatic rings. The van der Waals surface area contributed by atoms with Crippen LogP contribution in [-0.4, -0.2) is 16.8 Å². The third kappa shape index (κ3) is 3.38. The molecule has 1 aromatic carbocycles. The summed E-state index contributed by atoms with van der Waals surface area (Å²) in [6.07, 6.45) is 1.01. The molecule has 0 atom stereocenters. The van der Waals surface area contributed by atoms with Gasteiger partial charge in [0.25, 0.3) is 5.91 Å². The molecule has 6 heteroatoms. The van der Waals surface area contributed by atoms with E-state index in [2.05, 4.69) is 15.6 Å². The van der Waals surface area contributed by atoms with Gasteiger partial charge in [-0.2, -0.15) is 0 Å². The highest BCUT2D eigenvalue weighted by atomic mass is 19.1. The Hall–Kier alpha value is -2.76. The van der Waals surface area contributed by atoms with Gasteiger partial charge in [-0.1, -0.05) is 12.1 Å². The Bertz CT molecular complexity index is 641. The van der Waals surface area contributed by atoms with Crippen molar-refractivity contribution >= 4 is 23.3 Å². The molecule has 0 radical (unpaired) electrons. The van der Waals surface area contributed by atoms with Crippen LogP contribution in [0.5, 0.6) is 0 Å². The fourth-order valence-electron chi connectivity index (χ4n) is 1.61. The largest absolute Gasteiger partial charge is 0.326 e. The zero-order valence-electron chi connectivity index (χ0n) is 10.7. The maximum absolute atomic E-state index is 12.7. The number of carbonyl (C=O) groups excluding carboxylic acids is 2. The van der Waals surface area contributed by atoms with Crippen molar-refractivity contribution in [3.8, 4) is 0 Å². The topological polar surface area (TPSA) is 71.1 Å². The van der Waals surface area contributed by atoms with Gasteiger partial charge in [-0.3, -0.25) is 9.59 Å². The van der Waals surface area contributed by atoms with Crippen molar-refractivity contribution in [2.75, 3.05) is 10.6 Å². The molecule has 5 nitrogen and oxygen atoms in total. The van der Waals surface area contributed by atoms with Crippen molar-refractivity contribution in [1.29, 1.82) is 0 Å². The third-order valence-electron chi connectivity index (χ3n) is 2.45. The van der Waals surface area contributed by atoms with Crippen molar-refractivity contribution in [2.24, 2.45) is 0 Å². The van der Waals surface area contributed by atoms with Crippen LogP contribution in [0.4, 0.5) is 15.9 Å². The highest BCUT2D eigenvalue weighted by Crippen LogP contribution is 2.16. The summed E-state index contributed by atoms with van der Waals surface area (Å²) in [5, 5.41) is 5.10. The molecule has 0 fully saturated rings. The van der Waals surface area contributed by atoms with Gasteiger partial charge in [0.2, 0.25) is 5.91 Å². The van der Waals surface area contributed by atoms with E-state index < -0.39 is 11.7 Å². The van der Waals surface area contributed by atoms with E-state index in [9.17, 15) is 14.0 Å². The highest BCUT2D eigenvalue weighted by Gasteiger charge is 2.12. The van der Waals surface area contributed by atoms with E-state index in [1.54, 1.807) is 24.3 Å². The smallest absolute Gasteiger partial charge is 0.258 e. The Morgan fingerprint density at radius 2 is 1.85 bits per heavy atom. The molecule has 0 aliphatic heterocycles. The number of nitrogens with one attached hydrogen (secondary N) is 2. The number of aromatic nitrogens is 1. The van der Waals surface area contributed by atoms with Crippen LogP contribution in [-0.2, 0) is 4.79 Å². The van der Waals surface area contributed by atoms with E-state index in [1.807, 2.05) is 0 Å². The monoisotopic (exact) mass is 273 g/mol. The molecule has 2 rings (SSSR count). The number of rotatable bonds is 3. The summed E-state index contributed by atoms with van der Waals surface area (Å²) in [6.45, 7) is 1.36. The van der Waals surface area contributed by atoms with Gasteiger partial charge < -0.3 is 10.6 Å². The second kappa shape index (κ2) is 5.92. The molecule has 20 heavy (non-hydrogen) atoms. The minimum atomic E-state index is -0.485. The lowest BCUT2D eigenvalue weighted by molar-refractivity contribution is -0.114. The van der Waals surface area contributed by atoms with E-state index >= 15 is 0 Å². The number of anilines is 2. The van der Waals surface area contributed by atoms with Gasteiger partial charge in [0.1, 0.15) is 11.6 Å². The molecular formula is C14H12FN3O2. The molecule has 102 valence electrons. The lowest BCUT2D eigenvalue weighted by Crippen LogP contribution is -2.17. The normalized spacial score (nSPS) is 9.90. The number of pyridine rings is 1. The van der Waals surface area contributed by atoms with Gasteiger partial charge in [0.15, 0.2) is 0 Å². The van der Waals surface area contributed by atoms with Crippen molar-refractivity contribution in [2.45, 2.75) is 6.92 Å². The fourth-order valence-corrected chi connectivity index (χ4v) is 1.61. The minimum absolute atomic E-state index is 0.231. The lowest BCUT2D eigenvalue weighted by atomic mass is 10.1. The van der Waals surface area contributed by atoms with Crippen LogP contribution in [0, 0.1) is 5.82 Å². The van der Waals surface area contributed by atoms with Crippen molar-refractivity contribution < 1.29 is 14.0 Å². The second-order valence-corrected chi connectivity index (χ2v) is 4.04. The van der Waals surface area contributed by atoms with Crippen LogP contribution in [0.3, 0.4) is 0 Å². The van der Waals surface area contributed by atoms with Crippen LogP contribution in [0.2, 0.25) is 0 Å². The molecule has 0 aliphatic carbocycles. The number of halogens is 1. The molecule has 0 unspecified atom stereocenters. The van der Waals surface area contributed by atoms with Crippen molar-refractivity contribution in [3.63, 3.8) is 0 Å². The number of benzene rings is 1. The predicted molar refractivity (Wildman–Crippen MR) is 72.9 cm³/mol. The first-order valence-electron chi connectivity index (χ1n) is 5.86. The minimum Gasteiger partial charge on any atom is -0.326 e. The van der Waals surface area contributed by atoms with Gasteiger partial charge in [-0.15, -0.1) is 0 Å². The van der Waals surface area contributed by atoms with E-state index in [-0.39, 0.29) is 11.7 Å². The van der Waals surface area contributed by atoms with Gasteiger partial charge in [-0.05, 0) is 24.3 Å². The van der Waals surface area contributed by atoms with Crippen molar-refractivity contribution in [3.05, 3.63) is 54.0 Å². The summed E-state index contributed by atoms with van der Waals surface area (Å²) in [6, 6.07) is 9.13. The fraction of sp³-hybridized carbons (Fsp3) is 0.0714. The molecule has 0 bridgehead atoms. The first-order valence-corrected chi connectivity index (χ1v) is 5.86. The first kappa shape index (κ1) is 13.7. The van der Waals surface area contributed by atoms with E-state index in [1.165, 1.54) is 19.1 Å². The number of hydrogen-bond acceptors (Lipinski definition) is 3. The molecule has 2 N–H and O–H groups in total. The van der Waals surface area contributed by atoms with Crippen LogP contribution >= 0.6 is 0 Å². The van der Waals surface area contributed by atoms with E-state index in [0.29, 0.717) is 11.3 Å². The number of para-hydroxylation sites is 1. The van der Waals surface area contributed by atoms with Crippen LogP contribution in [0.25, 0.3) is 0 Å². The maximum atomic E-state index is 12.7. The molecule has 0 spiro atoms. The summed E-state index contributed by atoms with van der Waals surface area (Å²) >= 11 is 0. The quantitative estimate of drug-likeness (QED) is 0.902. The molecule has 2 amide bonds. The Kier molecular flexibility index (Phi) is 4.05. The lowest BCUT2D eigenvalue weighted by Gasteiger charge is -2.09. The van der Waals surface area contributed by atoms with Gasteiger partial charge in [0, 0.05) is 6.92 Å². The maximum Gasteiger partial charge on any atom is 0.258 e. The highest BCUT2D eigenvalue weighted by molar-refractivity contribution is 6.09. The summed E-state index contributed by atoms with van der Waals surface area (Å²) in [5.41, 5.74) is 0.702. The SMILES string of the molecule is CC(=O)Nc1ccccc1C(=O)Nc1ccc(F)cn1.